The topological polar surface area (TPSA) is 58.6 Å². The zero-order chi connectivity index (χ0) is 14.6. The molecule has 0 saturated carbocycles. The van der Waals surface area contributed by atoms with Crippen LogP contribution in [0.5, 0.6) is 0 Å². The second kappa shape index (κ2) is 6.57. The van der Waals surface area contributed by atoms with Crippen LogP contribution in [0.3, 0.4) is 0 Å². The number of carbonyl (C=O) groups is 2. The van der Waals surface area contributed by atoms with Crippen LogP contribution in [0.1, 0.15) is 46.0 Å². The molecule has 1 atom stereocenters. The number of carbonyl (C=O) groups excluding carboxylic acids is 2. The third-order valence-corrected chi connectivity index (χ3v) is 4.26. The van der Waals surface area contributed by atoms with Crippen LogP contribution >= 0.6 is 0 Å². The lowest BCUT2D eigenvalue weighted by Crippen LogP contribution is -2.51. The molecule has 2 amide bonds. The number of piperidine rings is 1. The molecule has 1 unspecified atom stereocenters. The highest BCUT2D eigenvalue weighted by Gasteiger charge is 2.39. The van der Waals surface area contributed by atoms with Crippen molar-refractivity contribution in [2.45, 2.75) is 52.1 Å². The summed E-state index contributed by atoms with van der Waals surface area (Å²) in [6.45, 7) is 6.28. The lowest BCUT2D eigenvalue weighted by atomic mass is 9.89. The molecule has 0 bridgehead atoms. The molecule has 0 spiro atoms. The number of ether oxygens (including phenoxy) is 1. The molecule has 114 valence electrons. The minimum absolute atomic E-state index is 0.0537. The van der Waals surface area contributed by atoms with E-state index in [1.807, 2.05) is 4.90 Å². The number of hydrogen-bond donors (Lipinski definition) is 1. The van der Waals surface area contributed by atoms with Gasteiger partial charge in [-0.15, -0.1) is 0 Å². The van der Waals surface area contributed by atoms with Gasteiger partial charge in [-0.3, -0.25) is 9.59 Å². The van der Waals surface area contributed by atoms with E-state index in [1.165, 1.54) is 6.42 Å². The highest BCUT2D eigenvalue weighted by molar-refractivity contribution is 6.04. The van der Waals surface area contributed by atoms with E-state index in [0.717, 1.165) is 45.4 Å². The molecule has 5 nitrogen and oxygen atoms in total. The Balaban J connectivity index is 1.86. The fourth-order valence-corrected chi connectivity index (χ4v) is 2.82. The molecule has 1 N–H and O–H groups in total. The van der Waals surface area contributed by atoms with Crippen LogP contribution < -0.4 is 5.32 Å². The zero-order valence-corrected chi connectivity index (χ0v) is 12.6. The van der Waals surface area contributed by atoms with Crippen molar-refractivity contribution in [1.82, 2.24) is 10.2 Å². The maximum atomic E-state index is 12.5. The third-order valence-electron chi connectivity index (χ3n) is 4.26. The molecule has 0 aliphatic carbocycles. The van der Waals surface area contributed by atoms with Gasteiger partial charge in [-0.1, -0.05) is 0 Å². The molecule has 2 fully saturated rings. The predicted octanol–water partition coefficient (Wildman–Crippen LogP) is 1.32. The first-order valence-electron chi connectivity index (χ1n) is 7.71. The fourth-order valence-electron chi connectivity index (χ4n) is 2.82. The average Bonchev–Trinajstić information content (AvgIpc) is 2.98. The molecule has 20 heavy (non-hydrogen) atoms. The number of likely N-dealkylation sites (tertiary alicyclic amines) is 1. The quantitative estimate of drug-likeness (QED) is 0.791. The van der Waals surface area contributed by atoms with Crippen molar-refractivity contribution >= 4 is 11.8 Å². The van der Waals surface area contributed by atoms with E-state index >= 15 is 0 Å². The number of rotatable bonds is 4. The van der Waals surface area contributed by atoms with Crippen LogP contribution in [0, 0.1) is 5.41 Å². The molecule has 0 aromatic carbocycles. The first-order chi connectivity index (χ1) is 9.51. The molecule has 0 radical (unpaired) electrons. The van der Waals surface area contributed by atoms with Gasteiger partial charge in [0.05, 0.1) is 6.10 Å². The summed E-state index contributed by atoms with van der Waals surface area (Å²) < 4.78 is 5.48. The number of nitrogens with one attached hydrogen (secondary N) is 1. The Morgan fingerprint density at radius 1 is 1.20 bits per heavy atom. The van der Waals surface area contributed by atoms with Gasteiger partial charge in [0, 0.05) is 26.2 Å². The van der Waals surface area contributed by atoms with Gasteiger partial charge in [0.15, 0.2) is 0 Å². The molecule has 5 heteroatoms. The summed E-state index contributed by atoms with van der Waals surface area (Å²) in [6.07, 6.45) is 5.41. The number of nitrogens with zero attached hydrogens (tertiary/aromatic N) is 1. The lowest BCUT2D eigenvalue weighted by Gasteiger charge is -2.33. The molecule has 2 heterocycles. The number of amides is 2. The SMILES string of the molecule is CC(C)(C(=O)NCC1CCCO1)C(=O)N1CCCCC1. The Bertz CT molecular complexity index is 356. The van der Waals surface area contributed by atoms with Crippen molar-refractivity contribution in [3.05, 3.63) is 0 Å². The lowest BCUT2D eigenvalue weighted by molar-refractivity contribution is -0.149. The van der Waals surface area contributed by atoms with Crippen molar-refractivity contribution in [2.75, 3.05) is 26.2 Å². The van der Waals surface area contributed by atoms with Gasteiger partial charge in [0.25, 0.3) is 0 Å². The van der Waals surface area contributed by atoms with E-state index in [2.05, 4.69) is 5.32 Å². The maximum Gasteiger partial charge on any atom is 0.237 e. The van der Waals surface area contributed by atoms with Gasteiger partial charge in [0.1, 0.15) is 5.41 Å². The molecule has 0 aromatic rings. The van der Waals surface area contributed by atoms with E-state index < -0.39 is 5.41 Å². The normalized spacial score (nSPS) is 23.7. The van der Waals surface area contributed by atoms with Gasteiger partial charge in [-0.05, 0) is 46.0 Å². The van der Waals surface area contributed by atoms with E-state index in [-0.39, 0.29) is 17.9 Å². The van der Waals surface area contributed by atoms with Crippen LogP contribution in [0.2, 0.25) is 0 Å². The third kappa shape index (κ3) is 3.51. The molecule has 2 aliphatic heterocycles. The van der Waals surface area contributed by atoms with Crippen molar-refractivity contribution in [1.29, 1.82) is 0 Å². The summed E-state index contributed by atoms with van der Waals surface area (Å²) in [7, 11) is 0. The van der Waals surface area contributed by atoms with Crippen LogP contribution in [-0.4, -0.2) is 49.1 Å². The molecular weight excluding hydrogens is 256 g/mol. The molecular formula is C15H26N2O3. The van der Waals surface area contributed by atoms with Crippen LogP contribution in [0.4, 0.5) is 0 Å². The van der Waals surface area contributed by atoms with Crippen LogP contribution in [-0.2, 0) is 14.3 Å². The Morgan fingerprint density at radius 2 is 1.90 bits per heavy atom. The summed E-state index contributed by atoms with van der Waals surface area (Å²) >= 11 is 0. The van der Waals surface area contributed by atoms with Crippen LogP contribution in [0.25, 0.3) is 0 Å². The summed E-state index contributed by atoms with van der Waals surface area (Å²) in [5.41, 5.74) is -0.990. The van der Waals surface area contributed by atoms with Crippen molar-refractivity contribution in [3.8, 4) is 0 Å². The van der Waals surface area contributed by atoms with E-state index in [1.54, 1.807) is 13.8 Å². The summed E-state index contributed by atoms with van der Waals surface area (Å²) in [4.78, 5) is 26.6. The van der Waals surface area contributed by atoms with E-state index in [4.69, 9.17) is 4.74 Å². The molecule has 0 aromatic heterocycles. The second-order valence-electron chi connectivity index (χ2n) is 6.32. The molecule has 2 aliphatic rings. The Morgan fingerprint density at radius 3 is 2.50 bits per heavy atom. The van der Waals surface area contributed by atoms with Gasteiger partial charge >= 0.3 is 0 Å². The van der Waals surface area contributed by atoms with Crippen LogP contribution in [0.15, 0.2) is 0 Å². The van der Waals surface area contributed by atoms with Gasteiger partial charge in [-0.25, -0.2) is 0 Å². The molecule has 2 rings (SSSR count). The van der Waals surface area contributed by atoms with Crippen molar-refractivity contribution < 1.29 is 14.3 Å². The smallest absolute Gasteiger partial charge is 0.237 e. The minimum Gasteiger partial charge on any atom is -0.376 e. The number of hydrogen-bond acceptors (Lipinski definition) is 3. The van der Waals surface area contributed by atoms with Gasteiger partial charge in [0.2, 0.25) is 11.8 Å². The summed E-state index contributed by atoms with van der Waals surface area (Å²) in [6, 6.07) is 0. The Labute approximate surface area is 121 Å². The average molecular weight is 282 g/mol. The predicted molar refractivity (Wildman–Crippen MR) is 76.2 cm³/mol. The van der Waals surface area contributed by atoms with E-state index in [9.17, 15) is 9.59 Å². The van der Waals surface area contributed by atoms with E-state index in [0.29, 0.717) is 6.54 Å². The monoisotopic (exact) mass is 282 g/mol. The van der Waals surface area contributed by atoms with Crippen molar-refractivity contribution in [2.24, 2.45) is 5.41 Å². The Hall–Kier alpha value is -1.10. The highest BCUT2D eigenvalue weighted by atomic mass is 16.5. The summed E-state index contributed by atoms with van der Waals surface area (Å²) in [5, 5.41) is 2.87. The largest absolute Gasteiger partial charge is 0.376 e. The zero-order valence-electron chi connectivity index (χ0n) is 12.6. The van der Waals surface area contributed by atoms with Gasteiger partial charge < -0.3 is 15.0 Å². The minimum atomic E-state index is -0.990. The highest BCUT2D eigenvalue weighted by Crippen LogP contribution is 2.22. The van der Waals surface area contributed by atoms with Crippen molar-refractivity contribution in [3.63, 3.8) is 0 Å². The van der Waals surface area contributed by atoms with Gasteiger partial charge in [-0.2, -0.15) is 0 Å². The standard InChI is InChI=1S/C15H26N2O3/c1-15(2,14(19)17-8-4-3-5-9-17)13(18)16-11-12-7-6-10-20-12/h12H,3-11H2,1-2H3,(H,16,18). The first kappa shape index (κ1) is 15.3. The first-order valence-corrected chi connectivity index (χ1v) is 7.71. The Kier molecular flexibility index (Phi) is 5.02. The fraction of sp³-hybridized carbons (Fsp3) is 0.867. The molecule has 2 saturated heterocycles. The maximum absolute atomic E-state index is 12.5. The second-order valence-corrected chi connectivity index (χ2v) is 6.32. The summed E-state index contributed by atoms with van der Waals surface area (Å²) in [5.74, 6) is -0.245.